The Kier molecular flexibility index (Phi) is 12.1. The number of allylic oxidation sites excluding steroid dienone is 1. The second-order valence-electron chi connectivity index (χ2n) is 18.9. The predicted molar refractivity (Wildman–Crippen MR) is 220 cm³/mol. The van der Waals surface area contributed by atoms with Gasteiger partial charge in [0, 0.05) is 17.9 Å². The molecule has 9 atom stereocenters. The minimum absolute atomic E-state index is 0.0275. The maximum absolute atomic E-state index is 14.9. The van der Waals surface area contributed by atoms with Crippen LogP contribution in [-0.4, -0.2) is 102 Å². The number of alkyl carbamates (subject to hydrolysis) is 1. The van der Waals surface area contributed by atoms with E-state index in [1.807, 2.05) is 10.8 Å². The lowest BCUT2D eigenvalue weighted by Crippen LogP contribution is -2.61. The number of sulfonamides is 1. The average molecular weight is 873 g/mol. The van der Waals surface area contributed by atoms with Gasteiger partial charge in [0.15, 0.2) is 0 Å². The average Bonchev–Trinajstić information content (AvgIpc) is 4.06. The number of alkyl halides is 2. The highest BCUT2D eigenvalue weighted by atomic mass is 32.2. The van der Waals surface area contributed by atoms with Crippen LogP contribution in [0.25, 0.3) is 11.0 Å². The van der Waals surface area contributed by atoms with E-state index in [0.29, 0.717) is 35.3 Å². The highest BCUT2D eigenvalue weighted by molar-refractivity contribution is 7.91. The number of aromatic nitrogens is 2. The summed E-state index contributed by atoms with van der Waals surface area (Å²) >= 11 is 0. The van der Waals surface area contributed by atoms with Crippen LogP contribution < -0.4 is 24.8 Å². The Balaban J connectivity index is 1.27. The number of benzene rings is 1. The first-order valence-electron chi connectivity index (χ1n) is 21.3. The lowest BCUT2D eigenvalue weighted by molar-refractivity contribution is -0.143. The van der Waals surface area contributed by atoms with Gasteiger partial charge in [0.05, 0.1) is 35.4 Å². The molecule has 5 aliphatic rings. The van der Waals surface area contributed by atoms with Crippen LogP contribution in [0.1, 0.15) is 98.1 Å². The molecule has 3 saturated carbocycles. The van der Waals surface area contributed by atoms with Gasteiger partial charge in [0.1, 0.15) is 41.3 Å². The molecule has 3 heterocycles. The van der Waals surface area contributed by atoms with Gasteiger partial charge in [-0.15, -0.1) is 6.58 Å². The number of halogens is 2. The molecule has 2 aliphatic heterocycles. The van der Waals surface area contributed by atoms with Crippen LogP contribution in [0.5, 0.6) is 11.6 Å². The number of methoxy groups -OCH3 is 1. The third-order valence-electron chi connectivity index (χ3n) is 13.6. The van der Waals surface area contributed by atoms with Gasteiger partial charge in [-0.2, -0.15) is 0 Å². The lowest BCUT2D eigenvalue weighted by atomic mass is 9.85. The van der Waals surface area contributed by atoms with Crippen LogP contribution in [-0.2, 0) is 35.6 Å². The first-order valence-corrected chi connectivity index (χ1v) is 22.8. The van der Waals surface area contributed by atoms with E-state index in [2.05, 4.69) is 17.2 Å². The molecule has 7 rings (SSSR count). The van der Waals surface area contributed by atoms with E-state index in [9.17, 15) is 36.4 Å². The Bertz CT molecular complexity index is 2180. The van der Waals surface area contributed by atoms with E-state index < -0.39 is 98.5 Å². The number of hydrogen-bond acceptors (Lipinski definition) is 11. The summed E-state index contributed by atoms with van der Waals surface area (Å²) in [6.07, 6.45) is 1.93. The molecule has 15 nitrogen and oxygen atoms in total. The van der Waals surface area contributed by atoms with Crippen molar-refractivity contribution in [1.82, 2.24) is 30.2 Å². The number of carbonyl (C=O) groups excluding carboxylic acids is 4. The van der Waals surface area contributed by atoms with Gasteiger partial charge in [-0.1, -0.05) is 46.6 Å². The first-order chi connectivity index (χ1) is 28.7. The van der Waals surface area contributed by atoms with Gasteiger partial charge in [-0.25, -0.2) is 32.0 Å². The molecule has 0 spiro atoms. The number of ether oxygens (including phenoxy) is 3. The number of fused-ring (bicyclic) bond motifs is 5. The van der Waals surface area contributed by atoms with Crippen LogP contribution in [0.15, 0.2) is 30.9 Å². The van der Waals surface area contributed by atoms with Crippen LogP contribution in [0.3, 0.4) is 0 Å². The van der Waals surface area contributed by atoms with Gasteiger partial charge < -0.3 is 29.7 Å². The van der Waals surface area contributed by atoms with E-state index in [-0.39, 0.29) is 37.1 Å². The normalized spacial score (nSPS) is 31.7. The number of nitrogens with one attached hydrogen (secondary N) is 3. The Morgan fingerprint density at radius 3 is 2.44 bits per heavy atom. The quantitative estimate of drug-likeness (QED) is 0.295. The molecule has 4 amide bonds. The summed E-state index contributed by atoms with van der Waals surface area (Å²) in [5.74, 6) is -4.51. The van der Waals surface area contributed by atoms with Crippen molar-refractivity contribution in [2.75, 3.05) is 13.7 Å². The Labute approximate surface area is 355 Å². The van der Waals surface area contributed by atoms with Crippen LogP contribution in [0.2, 0.25) is 0 Å². The van der Waals surface area contributed by atoms with Crippen LogP contribution >= 0.6 is 0 Å². The van der Waals surface area contributed by atoms with E-state index in [1.54, 1.807) is 45.9 Å². The molecule has 2 aromatic rings. The van der Waals surface area contributed by atoms with Crippen molar-refractivity contribution in [3.05, 3.63) is 36.5 Å². The van der Waals surface area contributed by atoms with Gasteiger partial charge in [-0.05, 0) is 81.8 Å². The van der Waals surface area contributed by atoms with Crippen LogP contribution in [0.4, 0.5) is 13.6 Å². The standard InChI is InChI=1S/C43H58F2N6O9S/c1-8-24-14-17-31-26(24)12-10-9-11-13-29-37(47-30-20-25(58-7)15-16-28(30)46-29)59-32-22-51(38(53)34(41(3,4)5)48-40(55)60-31)33(23(32)2)36(52)49-43(21-27(43)35(44)45)39(54)50-61(56,57)42(6)18-19-42/h8,15-16,20,23-24,26-27,31-35H,1,9-14,17-19,21-22H2,2-7H3,(H,48,55)(H,49,52)(H,50,54)/t23-,24+,26-,27+,31-,32+,33+,34-,43-/m1/s1. The third-order valence-corrected chi connectivity index (χ3v) is 15.8. The Hall–Kier alpha value is -4.61. The highest BCUT2D eigenvalue weighted by Crippen LogP contribution is 2.50. The van der Waals surface area contributed by atoms with Crippen LogP contribution in [0, 0.1) is 29.1 Å². The molecular formula is C43H58F2N6O9S. The maximum atomic E-state index is 14.9. The van der Waals surface area contributed by atoms with Gasteiger partial charge in [-0.3, -0.25) is 19.1 Å². The van der Waals surface area contributed by atoms with E-state index in [0.717, 1.165) is 32.1 Å². The molecule has 61 heavy (non-hydrogen) atoms. The number of amides is 4. The summed E-state index contributed by atoms with van der Waals surface area (Å²) in [7, 11) is -2.72. The number of hydrogen-bond donors (Lipinski definition) is 3. The molecule has 0 radical (unpaired) electrons. The fraction of sp³-hybridized carbons (Fsp3) is 0.674. The summed E-state index contributed by atoms with van der Waals surface area (Å²) in [4.78, 5) is 68.1. The molecule has 334 valence electrons. The molecule has 1 aromatic heterocycles. The maximum Gasteiger partial charge on any atom is 0.408 e. The van der Waals surface area contributed by atoms with Crippen molar-refractivity contribution in [2.45, 2.75) is 140 Å². The Morgan fingerprint density at radius 1 is 1.07 bits per heavy atom. The Morgan fingerprint density at radius 2 is 1.80 bits per heavy atom. The number of rotatable bonds is 8. The molecule has 1 aromatic carbocycles. The lowest BCUT2D eigenvalue weighted by Gasteiger charge is -2.36. The van der Waals surface area contributed by atoms with Gasteiger partial charge in [0.25, 0.3) is 5.91 Å². The van der Waals surface area contributed by atoms with E-state index in [1.165, 1.54) is 18.9 Å². The van der Waals surface area contributed by atoms with Crippen molar-refractivity contribution in [3.8, 4) is 11.6 Å². The monoisotopic (exact) mass is 872 g/mol. The minimum atomic E-state index is -4.25. The molecule has 3 aliphatic carbocycles. The van der Waals surface area contributed by atoms with Gasteiger partial charge >= 0.3 is 6.09 Å². The fourth-order valence-corrected chi connectivity index (χ4v) is 10.6. The molecule has 0 unspecified atom stereocenters. The molecule has 3 N–H and O–H groups in total. The number of carbonyl (C=O) groups is 4. The predicted octanol–water partition coefficient (Wildman–Crippen LogP) is 5.21. The second-order valence-corrected chi connectivity index (χ2v) is 21.1. The second kappa shape index (κ2) is 16.6. The van der Waals surface area contributed by atoms with Crippen molar-refractivity contribution in [1.29, 1.82) is 0 Å². The molecule has 1 saturated heterocycles. The van der Waals surface area contributed by atoms with E-state index >= 15 is 0 Å². The first kappa shape index (κ1) is 44.4. The molecule has 18 heteroatoms. The minimum Gasteiger partial charge on any atom is -0.497 e. The zero-order valence-electron chi connectivity index (χ0n) is 35.7. The highest BCUT2D eigenvalue weighted by Gasteiger charge is 2.67. The van der Waals surface area contributed by atoms with E-state index in [4.69, 9.17) is 24.2 Å². The molecule has 2 bridgehead atoms. The van der Waals surface area contributed by atoms with Crippen molar-refractivity contribution in [2.24, 2.45) is 29.1 Å². The van der Waals surface area contributed by atoms with Crippen molar-refractivity contribution >= 4 is 44.9 Å². The fourth-order valence-electron chi connectivity index (χ4n) is 9.28. The summed E-state index contributed by atoms with van der Waals surface area (Å²) in [6, 6.07) is 2.64. The summed E-state index contributed by atoms with van der Waals surface area (Å²) in [5, 5.41) is 5.28. The summed E-state index contributed by atoms with van der Waals surface area (Å²) < 4.78 is 73.8. The number of aryl methyl sites for hydroxylation is 1. The summed E-state index contributed by atoms with van der Waals surface area (Å²) in [5.41, 5.74) is -1.52. The van der Waals surface area contributed by atoms with Crippen molar-refractivity contribution in [3.63, 3.8) is 0 Å². The smallest absolute Gasteiger partial charge is 0.408 e. The third kappa shape index (κ3) is 8.74. The zero-order chi connectivity index (χ0) is 44.2. The largest absolute Gasteiger partial charge is 0.497 e. The molecular weight excluding hydrogens is 815 g/mol. The SMILES string of the molecule is C=C[C@H]1CC[C@H]2OC(=O)N[C@@H](C(C)(C)C)C(=O)N3C[C@H](Oc4nc5cc(OC)ccc5nc4CCCCC[C@H]12)[C@@H](C)[C@H]3C(=O)N[C@]1(C(=O)NS(=O)(=O)C2(C)CC2)C[C@H]1C(F)F. The topological polar surface area (TPSA) is 195 Å². The summed E-state index contributed by atoms with van der Waals surface area (Å²) in [6.45, 7) is 12.2. The number of nitrogens with zero attached hydrogens (tertiary/aromatic N) is 3. The molecule has 4 fully saturated rings. The van der Waals surface area contributed by atoms with Crippen molar-refractivity contribution < 1.29 is 50.6 Å². The van der Waals surface area contributed by atoms with Gasteiger partial charge in [0.2, 0.25) is 34.1 Å². The zero-order valence-corrected chi connectivity index (χ0v) is 36.5.